The van der Waals surface area contributed by atoms with Crippen LogP contribution >= 0.6 is 0 Å². The Kier molecular flexibility index (Phi) is 6.04. The Morgan fingerprint density at radius 3 is 2.73 bits per heavy atom. The summed E-state index contributed by atoms with van der Waals surface area (Å²) in [5, 5.41) is 19.5. The fourth-order valence-corrected chi connectivity index (χ4v) is 3.83. The number of rotatable bonds is 9. The number of hydrogen-bond donors (Lipinski definition) is 1. The fourth-order valence-electron chi connectivity index (χ4n) is 3.83. The number of nitrogens with zero attached hydrogens (tertiary/aromatic N) is 3. The van der Waals surface area contributed by atoms with Gasteiger partial charge < -0.3 is 14.6 Å². The van der Waals surface area contributed by atoms with Gasteiger partial charge in [-0.3, -0.25) is 9.20 Å². The molecule has 0 radical (unpaired) electrons. The number of alkyl halides is 2. The predicted molar refractivity (Wildman–Crippen MR) is 115 cm³/mol. The largest absolute Gasteiger partial charge is 0.496 e. The number of methoxy groups -OCH3 is 1. The third-order valence-corrected chi connectivity index (χ3v) is 5.81. The van der Waals surface area contributed by atoms with E-state index in [1.54, 1.807) is 41.9 Å². The van der Waals surface area contributed by atoms with Crippen molar-refractivity contribution in [1.29, 1.82) is 5.26 Å². The standard InChI is InChI=1S/C24H23F2N3O4/c1-24(31,6-7-27)16-5-8-29-17(13-28-21(29)12-16)15-10-19(32-2)22(18(30)9-14-3-4-14)20(11-15)33-23(25)26/h5,8,10-14,23,31H,3-4,6,9H2,1-2H3. The van der Waals surface area contributed by atoms with Gasteiger partial charge in [-0.25, -0.2) is 4.98 Å². The summed E-state index contributed by atoms with van der Waals surface area (Å²) in [5.41, 5.74) is 0.703. The van der Waals surface area contributed by atoms with Crippen LogP contribution in [0, 0.1) is 17.2 Å². The van der Waals surface area contributed by atoms with Crippen molar-refractivity contribution in [1.82, 2.24) is 9.38 Å². The third kappa shape index (κ3) is 4.66. The van der Waals surface area contributed by atoms with Crippen molar-refractivity contribution in [3.63, 3.8) is 0 Å². The summed E-state index contributed by atoms with van der Waals surface area (Å²) in [6.45, 7) is -1.56. The highest BCUT2D eigenvalue weighted by Gasteiger charge is 2.30. The molecular weight excluding hydrogens is 432 g/mol. The molecular formula is C24H23F2N3O4. The molecule has 1 aromatic carbocycles. The second-order valence-electron chi connectivity index (χ2n) is 8.40. The Balaban J connectivity index is 1.79. The highest BCUT2D eigenvalue weighted by Crippen LogP contribution is 2.40. The number of ketones is 1. The monoisotopic (exact) mass is 455 g/mol. The number of benzene rings is 1. The summed E-state index contributed by atoms with van der Waals surface area (Å²) in [6.07, 6.45) is 5.29. The number of aliphatic hydroxyl groups is 1. The van der Waals surface area contributed by atoms with E-state index in [-0.39, 0.29) is 41.6 Å². The van der Waals surface area contributed by atoms with Crippen LogP contribution in [0.2, 0.25) is 0 Å². The Labute approximate surface area is 189 Å². The van der Waals surface area contributed by atoms with E-state index in [1.165, 1.54) is 13.2 Å². The Morgan fingerprint density at radius 2 is 2.09 bits per heavy atom. The zero-order chi connectivity index (χ0) is 23.8. The number of fused-ring (bicyclic) bond motifs is 1. The van der Waals surface area contributed by atoms with Gasteiger partial charge in [-0.1, -0.05) is 0 Å². The first-order chi connectivity index (χ1) is 15.7. The van der Waals surface area contributed by atoms with Crippen molar-refractivity contribution in [3.8, 4) is 28.8 Å². The molecule has 1 atom stereocenters. The second kappa shape index (κ2) is 8.79. The molecule has 0 amide bonds. The lowest BCUT2D eigenvalue weighted by Crippen LogP contribution is -2.20. The topological polar surface area (TPSA) is 96.8 Å². The van der Waals surface area contributed by atoms with Gasteiger partial charge in [-0.2, -0.15) is 14.0 Å². The molecule has 33 heavy (non-hydrogen) atoms. The van der Waals surface area contributed by atoms with Crippen molar-refractivity contribution in [2.75, 3.05) is 7.11 Å². The molecule has 0 aliphatic heterocycles. The molecule has 1 fully saturated rings. The maximum atomic E-state index is 13.2. The normalized spacial score (nSPS) is 15.3. The van der Waals surface area contributed by atoms with Gasteiger partial charge in [0.1, 0.15) is 22.7 Å². The van der Waals surface area contributed by atoms with E-state index in [0.29, 0.717) is 22.5 Å². The highest BCUT2D eigenvalue weighted by atomic mass is 19.3. The number of halogens is 2. The number of imidazole rings is 1. The van der Waals surface area contributed by atoms with Crippen LogP contribution in [-0.2, 0) is 5.60 Å². The highest BCUT2D eigenvalue weighted by molar-refractivity contribution is 6.02. The number of pyridine rings is 1. The summed E-state index contributed by atoms with van der Waals surface area (Å²) in [5.74, 6) is -0.114. The zero-order valence-corrected chi connectivity index (χ0v) is 18.2. The van der Waals surface area contributed by atoms with Crippen LogP contribution in [0.15, 0.2) is 36.7 Å². The second-order valence-corrected chi connectivity index (χ2v) is 8.40. The molecule has 9 heteroatoms. The molecule has 1 N–H and O–H groups in total. The Morgan fingerprint density at radius 1 is 1.36 bits per heavy atom. The number of hydrogen-bond acceptors (Lipinski definition) is 6. The van der Waals surface area contributed by atoms with Crippen LogP contribution in [0.1, 0.15) is 48.5 Å². The van der Waals surface area contributed by atoms with Gasteiger partial charge in [0.2, 0.25) is 0 Å². The van der Waals surface area contributed by atoms with E-state index in [1.807, 2.05) is 6.07 Å². The maximum absolute atomic E-state index is 13.2. The minimum absolute atomic E-state index is 0.0112. The summed E-state index contributed by atoms with van der Waals surface area (Å²) < 4.78 is 38.2. The van der Waals surface area contributed by atoms with Crippen LogP contribution in [0.25, 0.3) is 16.9 Å². The lowest BCUT2D eigenvalue weighted by atomic mass is 9.94. The average Bonchev–Trinajstić information content (AvgIpc) is 3.47. The van der Waals surface area contributed by atoms with E-state index in [4.69, 9.17) is 14.7 Å². The minimum Gasteiger partial charge on any atom is -0.496 e. The van der Waals surface area contributed by atoms with Crippen molar-refractivity contribution >= 4 is 11.4 Å². The van der Waals surface area contributed by atoms with Gasteiger partial charge in [0.25, 0.3) is 0 Å². The lowest BCUT2D eigenvalue weighted by Gasteiger charge is -2.20. The summed E-state index contributed by atoms with van der Waals surface area (Å²) in [7, 11) is 1.37. The molecule has 2 aromatic heterocycles. The van der Waals surface area contributed by atoms with Crippen molar-refractivity contribution in [2.24, 2.45) is 5.92 Å². The first kappa shape index (κ1) is 22.7. The SMILES string of the molecule is COc1cc(-c2cnc3cc(C(C)(O)CC#N)ccn23)cc(OC(F)F)c1C(=O)CC1CC1. The maximum Gasteiger partial charge on any atom is 0.387 e. The molecule has 0 spiro atoms. The van der Waals surface area contributed by atoms with Crippen LogP contribution in [0.5, 0.6) is 11.5 Å². The molecule has 1 unspecified atom stereocenters. The summed E-state index contributed by atoms with van der Waals surface area (Å²) >= 11 is 0. The van der Waals surface area contributed by atoms with Gasteiger partial charge in [0.15, 0.2) is 5.78 Å². The van der Waals surface area contributed by atoms with Gasteiger partial charge in [0.05, 0.1) is 37.1 Å². The van der Waals surface area contributed by atoms with Crippen LogP contribution < -0.4 is 9.47 Å². The van der Waals surface area contributed by atoms with Crippen LogP contribution in [0.4, 0.5) is 8.78 Å². The van der Waals surface area contributed by atoms with Crippen LogP contribution in [-0.4, -0.2) is 34.0 Å². The van der Waals surface area contributed by atoms with Crippen molar-refractivity contribution < 1.29 is 28.2 Å². The van der Waals surface area contributed by atoms with E-state index in [2.05, 4.69) is 4.98 Å². The van der Waals surface area contributed by atoms with Gasteiger partial charge in [-0.05, 0) is 55.5 Å². The number of carbonyl (C=O) groups is 1. The predicted octanol–water partition coefficient (Wildman–Crippen LogP) is 4.72. The number of aromatic nitrogens is 2. The summed E-state index contributed by atoms with van der Waals surface area (Å²) in [4.78, 5) is 17.2. The molecule has 1 aliphatic rings. The first-order valence-corrected chi connectivity index (χ1v) is 10.5. The number of carbonyl (C=O) groups excluding carboxylic acids is 1. The Hall–Kier alpha value is -3.51. The molecule has 3 aromatic rings. The number of Topliss-reactive ketones (excluding diaryl/α,β-unsaturated/α-hetero) is 1. The zero-order valence-electron chi connectivity index (χ0n) is 18.2. The summed E-state index contributed by atoms with van der Waals surface area (Å²) in [6, 6.07) is 8.26. The first-order valence-electron chi connectivity index (χ1n) is 10.5. The van der Waals surface area contributed by atoms with Crippen molar-refractivity contribution in [2.45, 2.75) is 44.8 Å². The van der Waals surface area contributed by atoms with E-state index in [9.17, 15) is 18.7 Å². The Bertz CT molecular complexity index is 1240. The van der Waals surface area contributed by atoms with Gasteiger partial charge >= 0.3 is 6.61 Å². The quantitative estimate of drug-likeness (QED) is 0.469. The third-order valence-electron chi connectivity index (χ3n) is 5.81. The van der Waals surface area contributed by atoms with E-state index >= 15 is 0 Å². The average molecular weight is 455 g/mol. The number of nitriles is 1. The van der Waals surface area contributed by atoms with Crippen molar-refractivity contribution in [3.05, 3.63) is 47.8 Å². The fraction of sp³-hybridized carbons (Fsp3) is 0.375. The minimum atomic E-state index is -3.11. The van der Waals surface area contributed by atoms with E-state index in [0.717, 1.165) is 12.8 Å². The lowest BCUT2D eigenvalue weighted by molar-refractivity contribution is -0.0502. The van der Waals surface area contributed by atoms with Gasteiger partial charge in [0, 0.05) is 18.2 Å². The molecule has 4 rings (SSSR count). The molecule has 1 saturated carbocycles. The molecule has 0 saturated heterocycles. The smallest absolute Gasteiger partial charge is 0.387 e. The van der Waals surface area contributed by atoms with Gasteiger partial charge in [-0.15, -0.1) is 0 Å². The van der Waals surface area contributed by atoms with Crippen LogP contribution in [0.3, 0.4) is 0 Å². The molecule has 2 heterocycles. The molecule has 172 valence electrons. The molecule has 0 bridgehead atoms. The molecule has 7 nitrogen and oxygen atoms in total. The number of ether oxygens (including phenoxy) is 2. The molecule has 1 aliphatic carbocycles. The van der Waals surface area contributed by atoms with E-state index < -0.39 is 12.2 Å².